The third-order valence-electron chi connectivity index (χ3n) is 8.54. The van der Waals surface area contributed by atoms with E-state index in [9.17, 15) is 19.1 Å². The molecule has 5 heterocycles. The monoisotopic (exact) mass is 578 g/mol. The Kier molecular flexibility index (Phi) is 5.81. The maximum absolute atomic E-state index is 15.7. The van der Waals surface area contributed by atoms with Crippen LogP contribution < -0.4 is 11.3 Å². The molecule has 0 bridgehead atoms. The number of H-pyrrole nitrogens is 1. The van der Waals surface area contributed by atoms with Gasteiger partial charge in [0.2, 0.25) is 5.95 Å². The lowest BCUT2D eigenvalue weighted by Gasteiger charge is -2.36. The number of nitrogens with two attached hydrogens (primary N) is 1. The van der Waals surface area contributed by atoms with Gasteiger partial charge in [-0.3, -0.25) is 9.59 Å². The average molecular weight is 579 g/mol. The molecule has 4 N–H and O–H groups in total. The van der Waals surface area contributed by atoms with Crippen LogP contribution in [0.4, 0.5) is 14.6 Å². The van der Waals surface area contributed by atoms with Gasteiger partial charge in [0.25, 0.3) is 11.5 Å². The number of benzene rings is 1. The number of nitrogen functional groups attached to an aromatic ring is 1. The number of aliphatic hydroxyl groups excluding tert-OH is 1. The highest BCUT2D eigenvalue weighted by Crippen LogP contribution is 2.50. The first-order valence-corrected chi connectivity index (χ1v) is 13.8. The minimum Gasteiger partial charge on any atom is -0.395 e. The van der Waals surface area contributed by atoms with Gasteiger partial charge in [-0.2, -0.15) is 4.39 Å². The molecule has 210 valence electrons. The van der Waals surface area contributed by atoms with Gasteiger partial charge in [-0.15, -0.1) is 0 Å². The van der Waals surface area contributed by atoms with Gasteiger partial charge < -0.3 is 25.3 Å². The number of fused-ring (bicyclic) bond motifs is 5. The van der Waals surface area contributed by atoms with Crippen LogP contribution in [0.25, 0.3) is 22.4 Å². The van der Waals surface area contributed by atoms with Crippen LogP contribution in [0, 0.1) is 11.8 Å². The zero-order valence-electron chi connectivity index (χ0n) is 21.8. The summed E-state index contributed by atoms with van der Waals surface area (Å²) in [7, 11) is 0. The number of amides is 1. The van der Waals surface area contributed by atoms with E-state index in [1.165, 1.54) is 35.0 Å². The Hall–Kier alpha value is -4.09. The van der Waals surface area contributed by atoms with Crippen molar-refractivity contribution in [1.29, 1.82) is 0 Å². The van der Waals surface area contributed by atoms with Crippen LogP contribution in [0.5, 0.6) is 0 Å². The van der Waals surface area contributed by atoms with E-state index in [2.05, 4.69) is 15.0 Å². The van der Waals surface area contributed by atoms with E-state index in [0.29, 0.717) is 42.0 Å². The molecule has 9 nitrogen and oxygen atoms in total. The van der Waals surface area contributed by atoms with E-state index in [1.54, 1.807) is 11.0 Å². The highest BCUT2D eigenvalue weighted by atomic mass is 35.5. The van der Waals surface area contributed by atoms with E-state index in [0.717, 1.165) is 12.8 Å². The number of hydrogen-bond acceptors (Lipinski definition) is 6. The molecule has 4 aromatic rings. The zero-order chi connectivity index (χ0) is 28.6. The molecular formula is C29H25ClF2N6O3. The van der Waals surface area contributed by atoms with Gasteiger partial charge >= 0.3 is 0 Å². The summed E-state index contributed by atoms with van der Waals surface area (Å²) >= 11 is 6.20. The summed E-state index contributed by atoms with van der Waals surface area (Å²) in [6.07, 6.45) is 4.09. The van der Waals surface area contributed by atoms with Crippen molar-refractivity contribution in [2.45, 2.75) is 43.7 Å². The van der Waals surface area contributed by atoms with Gasteiger partial charge in [0.05, 0.1) is 40.7 Å². The molecule has 1 spiro atoms. The number of pyridine rings is 2. The largest absolute Gasteiger partial charge is 0.395 e. The number of rotatable bonds is 4. The number of nitrogens with one attached hydrogen (secondary N) is 1. The van der Waals surface area contributed by atoms with Crippen molar-refractivity contribution in [3.63, 3.8) is 0 Å². The van der Waals surface area contributed by atoms with Gasteiger partial charge in [0.1, 0.15) is 17.5 Å². The highest BCUT2D eigenvalue weighted by Gasteiger charge is 2.52. The van der Waals surface area contributed by atoms with E-state index in [-0.39, 0.29) is 52.2 Å². The Morgan fingerprint density at radius 2 is 1.95 bits per heavy atom. The number of aromatic amines is 1. The number of carbonyl (C=O) groups is 1. The van der Waals surface area contributed by atoms with Crippen molar-refractivity contribution in [3.8, 4) is 22.4 Å². The summed E-state index contributed by atoms with van der Waals surface area (Å²) in [5.74, 6) is -1.32. The van der Waals surface area contributed by atoms with Crippen molar-refractivity contribution in [2.75, 3.05) is 18.9 Å². The first-order chi connectivity index (χ1) is 19.7. The van der Waals surface area contributed by atoms with Crippen molar-refractivity contribution in [1.82, 2.24) is 24.4 Å². The number of carbonyl (C=O) groups excluding carboxylic acids is 1. The molecule has 1 aliphatic carbocycles. The fraction of sp³-hybridized carbons (Fsp3) is 0.310. The molecule has 0 unspecified atom stereocenters. The molecule has 7 rings (SSSR count). The maximum Gasteiger partial charge on any atom is 0.256 e. The van der Waals surface area contributed by atoms with Crippen LogP contribution in [0.2, 0.25) is 5.02 Å². The minimum absolute atomic E-state index is 0.0472. The molecule has 0 radical (unpaired) electrons. The Morgan fingerprint density at radius 3 is 2.68 bits per heavy atom. The molecule has 3 aromatic heterocycles. The number of aliphatic hydroxyl groups is 1. The number of halogens is 3. The van der Waals surface area contributed by atoms with Gasteiger partial charge in [0, 0.05) is 35.0 Å². The summed E-state index contributed by atoms with van der Waals surface area (Å²) < 4.78 is 31.7. The number of anilines is 1. The molecule has 12 heteroatoms. The second-order valence-electron chi connectivity index (χ2n) is 10.9. The van der Waals surface area contributed by atoms with Crippen LogP contribution in [-0.2, 0) is 12.8 Å². The molecule has 3 aliphatic rings. The minimum atomic E-state index is -0.756. The van der Waals surface area contributed by atoms with E-state index in [4.69, 9.17) is 17.3 Å². The quantitative estimate of drug-likeness (QED) is 0.315. The van der Waals surface area contributed by atoms with Crippen molar-refractivity contribution < 1.29 is 18.7 Å². The van der Waals surface area contributed by atoms with Crippen LogP contribution in [0.1, 0.15) is 52.7 Å². The molecule has 0 saturated heterocycles. The summed E-state index contributed by atoms with van der Waals surface area (Å²) in [5.41, 5.74) is 6.89. The smallest absolute Gasteiger partial charge is 0.256 e. The molecule has 1 fully saturated rings. The summed E-state index contributed by atoms with van der Waals surface area (Å²) in [6, 6.07) is 6.95. The maximum atomic E-state index is 15.7. The number of imidazole rings is 1. The molecule has 2 aliphatic heterocycles. The van der Waals surface area contributed by atoms with Gasteiger partial charge in [0.15, 0.2) is 0 Å². The Labute approximate surface area is 237 Å². The van der Waals surface area contributed by atoms with Gasteiger partial charge in [-0.1, -0.05) is 17.7 Å². The predicted octanol–water partition coefficient (Wildman–Crippen LogP) is 3.87. The lowest BCUT2D eigenvalue weighted by atomic mass is 9.86. The average Bonchev–Trinajstić information content (AvgIpc) is 3.33. The molecular weight excluding hydrogens is 554 g/mol. The van der Waals surface area contributed by atoms with Crippen LogP contribution in [0.3, 0.4) is 0 Å². The SMILES string of the molecule is Nc1ccc(-c2cnc([C@H]3CCc4c5c(cc(=O)n43)-c3c(ccc(Cl)c3F)CC3(CC3)N(CCO)C5=O)[nH]2)c(F)n1. The van der Waals surface area contributed by atoms with Crippen LogP contribution in [-0.4, -0.2) is 54.1 Å². The van der Waals surface area contributed by atoms with Crippen molar-refractivity contribution >= 4 is 23.3 Å². The first kappa shape index (κ1) is 25.8. The van der Waals surface area contributed by atoms with Crippen molar-refractivity contribution in [3.05, 3.63) is 86.3 Å². The van der Waals surface area contributed by atoms with Gasteiger partial charge in [-0.25, -0.2) is 14.4 Å². The summed E-state index contributed by atoms with van der Waals surface area (Å²) in [6.45, 7) is -0.109. The van der Waals surface area contributed by atoms with E-state index in [1.807, 2.05) is 0 Å². The number of hydrogen-bond donors (Lipinski definition) is 3. The fourth-order valence-corrected chi connectivity index (χ4v) is 6.67. The second-order valence-corrected chi connectivity index (χ2v) is 11.3. The highest BCUT2D eigenvalue weighted by molar-refractivity contribution is 6.31. The normalized spacial score (nSPS) is 18.6. The van der Waals surface area contributed by atoms with Crippen LogP contribution >= 0.6 is 11.6 Å². The van der Waals surface area contributed by atoms with Crippen molar-refractivity contribution in [2.24, 2.45) is 0 Å². The van der Waals surface area contributed by atoms with Gasteiger partial charge in [-0.05, 0) is 55.9 Å². The zero-order valence-corrected chi connectivity index (χ0v) is 22.5. The summed E-state index contributed by atoms with van der Waals surface area (Å²) in [5, 5.41) is 9.77. The lowest BCUT2D eigenvalue weighted by molar-refractivity contribution is 0.0596. The van der Waals surface area contributed by atoms with E-state index >= 15 is 4.39 Å². The third-order valence-corrected chi connectivity index (χ3v) is 8.84. The molecule has 1 saturated carbocycles. The Balaban J connectivity index is 1.41. The lowest BCUT2D eigenvalue weighted by Crippen LogP contribution is -2.47. The Bertz CT molecular complexity index is 1810. The molecule has 1 amide bonds. The molecule has 1 aromatic carbocycles. The number of aromatic nitrogens is 4. The summed E-state index contributed by atoms with van der Waals surface area (Å²) in [4.78, 5) is 40.9. The standard InChI is InChI=1S/C29H25ClF2N6O3/c30-17-3-1-14-12-29(7-8-29)37(9-10-39)28(41)24-16(23(14)25(17)31)11-22(40)38-19(24)4-5-20(38)27-34-13-18(35-27)15-2-6-21(33)36-26(15)32/h1-3,6,11,13,20,39H,4-5,7-10,12H2,(H2,33,36)(H,34,35)/t20-/m1/s1. The van der Waals surface area contributed by atoms with E-state index < -0.39 is 28.9 Å². The fourth-order valence-electron chi connectivity index (χ4n) is 6.51. The second kappa shape index (κ2) is 9.22. The Morgan fingerprint density at radius 1 is 1.15 bits per heavy atom. The topological polar surface area (TPSA) is 130 Å². The van der Waals surface area contributed by atoms with Crippen LogP contribution in [0.15, 0.2) is 41.3 Å². The first-order valence-electron chi connectivity index (χ1n) is 13.4. The molecule has 1 atom stereocenters. The molecule has 41 heavy (non-hydrogen) atoms. The number of nitrogens with zero attached hydrogens (tertiary/aromatic N) is 4. The predicted molar refractivity (Wildman–Crippen MR) is 148 cm³/mol. The number of β-amino-alcohol motifs (C(OH)–C–C–N with tert-alkyl or cyclic N) is 1. The third kappa shape index (κ3) is 3.90.